The molecule has 6 heteroatoms. The molecule has 3 aromatic rings. The van der Waals surface area contributed by atoms with Gasteiger partial charge in [0.1, 0.15) is 0 Å². The van der Waals surface area contributed by atoms with Gasteiger partial charge in [0.2, 0.25) is 0 Å². The highest BCUT2D eigenvalue weighted by atomic mass is 16.5. The Kier molecular flexibility index (Phi) is 6.49. The number of carbonyl (C=O) groups excluding carboxylic acids is 1. The summed E-state index contributed by atoms with van der Waals surface area (Å²) >= 11 is 0. The van der Waals surface area contributed by atoms with E-state index in [2.05, 4.69) is 5.32 Å². The molecule has 3 rings (SSSR count). The first kappa shape index (κ1) is 20.7. The molecule has 30 heavy (non-hydrogen) atoms. The van der Waals surface area contributed by atoms with Crippen molar-refractivity contribution in [1.29, 1.82) is 0 Å². The molecular formula is C24H21NO5. The second-order valence-corrected chi connectivity index (χ2v) is 6.38. The second-order valence-electron chi connectivity index (χ2n) is 6.38. The summed E-state index contributed by atoms with van der Waals surface area (Å²) in [4.78, 5) is 24.4. The Balaban J connectivity index is 1.84. The standard InChI is InChI=1S/C24H21NO5/c1-29-21-13-11-18(15-22(21)30-2)23(26)25-20-12-10-17(14-19(20)24(27)28)9-8-16-6-4-3-5-7-16/h3-15H,1-2H3,(H,25,26)(H,27,28). The van der Waals surface area contributed by atoms with Gasteiger partial charge in [-0.2, -0.15) is 0 Å². The number of carboxylic acid groups (broad SMARTS) is 1. The van der Waals surface area contributed by atoms with Gasteiger partial charge in [0.15, 0.2) is 11.5 Å². The van der Waals surface area contributed by atoms with E-state index < -0.39 is 11.9 Å². The number of amides is 1. The van der Waals surface area contributed by atoms with Crippen molar-refractivity contribution in [3.63, 3.8) is 0 Å². The van der Waals surface area contributed by atoms with Crippen LogP contribution < -0.4 is 14.8 Å². The van der Waals surface area contributed by atoms with Gasteiger partial charge < -0.3 is 19.9 Å². The lowest BCUT2D eigenvalue weighted by Crippen LogP contribution is -2.15. The number of hydrogen-bond acceptors (Lipinski definition) is 4. The Bertz CT molecular complexity index is 1090. The third kappa shape index (κ3) is 4.86. The lowest BCUT2D eigenvalue weighted by Gasteiger charge is -2.12. The largest absolute Gasteiger partial charge is 0.493 e. The van der Waals surface area contributed by atoms with Gasteiger partial charge in [0, 0.05) is 5.56 Å². The van der Waals surface area contributed by atoms with Crippen LogP contribution in [0.5, 0.6) is 11.5 Å². The van der Waals surface area contributed by atoms with Crippen LogP contribution in [0.4, 0.5) is 5.69 Å². The fourth-order valence-electron chi connectivity index (χ4n) is 2.88. The Hall–Kier alpha value is -4.06. The highest BCUT2D eigenvalue weighted by molar-refractivity contribution is 6.08. The Morgan fingerprint density at radius 1 is 0.833 bits per heavy atom. The average Bonchev–Trinajstić information content (AvgIpc) is 2.78. The first-order valence-electron chi connectivity index (χ1n) is 9.15. The maximum Gasteiger partial charge on any atom is 0.337 e. The molecule has 0 unspecified atom stereocenters. The van der Waals surface area contributed by atoms with Crippen LogP contribution in [0.1, 0.15) is 31.8 Å². The summed E-state index contributed by atoms with van der Waals surface area (Å²) in [7, 11) is 2.98. The van der Waals surface area contributed by atoms with Crippen molar-refractivity contribution in [2.45, 2.75) is 0 Å². The Morgan fingerprint density at radius 2 is 1.53 bits per heavy atom. The van der Waals surface area contributed by atoms with Crippen LogP contribution in [-0.2, 0) is 0 Å². The molecule has 3 aromatic carbocycles. The number of nitrogens with one attached hydrogen (secondary N) is 1. The van der Waals surface area contributed by atoms with Crippen molar-refractivity contribution in [2.24, 2.45) is 0 Å². The lowest BCUT2D eigenvalue weighted by atomic mass is 10.1. The van der Waals surface area contributed by atoms with Gasteiger partial charge in [-0.15, -0.1) is 0 Å². The summed E-state index contributed by atoms with van der Waals surface area (Å²) in [6.45, 7) is 0. The van der Waals surface area contributed by atoms with E-state index in [1.165, 1.54) is 26.4 Å². The molecule has 0 fully saturated rings. The maximum absolute atomic E-state index is 12.6. The summed E-state index contributed by atoms with van der Waals surface area (Å²) in [5.74, 6) is -0.682. The molecule has 0 saturated carbocycles. The molecule has 0 aliphatic rings. The Labute approximate surface area is 174 Å². The molecule has 0 atom stereocenters. The zero-order valence-corrected chi connectivity index (χ0v) is 16.6. The number of aromatic carboxylic acids is 1. The third-order valence-corrected chi connectivity index (χ3v) is 4.44. The normalized spacial score (nSPS) is 10.6. The molecule has 152 valence electrons. The fraction of sp³-hybridized carbons (Fsp3) is 0.0833. The Morgan fingerprint density at radius 3 is 2.20 bits per heavy atom. The maximum atomic E-state index is 12.6. The van der Waals surface area contributed by atoms with E-state index in [-0.39, 0.29) is 11.3 Å². The van der Waals surface area contributed by atoms with E-state index in [4.69, 9.17) is 9.47 Å². The van der Waals surface area contributed by atoms with Crippen LogP contribution in [0.2, 0.25) is 0 Å². The van der Waals surface area contributed by atoms with Gasteiger partial charge >= 0.3 is 5.97 Å². The summed E-state index contributed by atoms with van der Waals surface area (Å²) in [5.41, 5.74) is 2.23. The van der Waals surface area contributed by atoms with E-state index in [0.717, 1.165) is 5.56 Å². The van der Waals surface area contributed by atoms with Crippen molar-refractivity contribution >= 4 is 29.7 Å². The minimum atomic E-state index is -1.13. The minimum Gasteiger partial charge on any atom is -0.493 e. The highest BCUT2D eigenvalue weighted by Gasteiger charge is 2.16. The summed E-state index contributed by atoms with van der Waals surface area (Å²) in [5, 5.41) is 12.3. The van der Waals surface area contributed by atoms with Crippen molar-refractivity contribution in [3.8, 4) is 11.5 Å². The van der Waals surface area contributed by atoms with Gasteiger partial charge in [-0.3, -0.25) is 4.79 Å². The van der Waals surface area contributed by atoms with Crippen molar-refractivity contribution in [1.82, 2.24) is 0 Å². The number of benzene rings is 3. The van der Waals surface area contributed by atoms with Crippen LogP contribution in [0.3, 0.4) is 0 Å². The zero-order chi connectivity index (χ0) is 21.5. The smallest absolute Gasteiger partial charge is 0.337 e. The predicted molar refractivity (Wildman–Crippen MR) is 116 cm³/mol. The molecule has 0 aromatic heterocycles. The monoisotopic (exact) mass is 403 g/mol. The summed E-state index contributed by atoms with van der Waals surface area (Å²) in [6.07, 6.45) is 3.71. The van der Waals surface area contributed by atoms with Crippen molar-refractivity contribution in [2.75, 3.05) is 19.5 Å². The molecule has 0 bridgehead atoms. The number of hydrogen-bond donors (Lipinski definition) is 2. The molecule has 0 aliphatic carbocycles. The molecule has 6 nitrogen and oxygen atoms in total. The molecule has 1 amide bonds. The van der Waals surface area contributed by atoms with Crippen molar-refractivity contribution < 1.29 is 24.2 Å². The second kappa shape index (κ2) is 9.43. The lowest BCUT2D eigenvalue weighted by molar-refractivity contribution is 0.0698. The molecule has 0 radical (unpaired) electrons. The molecule has 2 N–H and O–H groups in total. The van der Waals surface area contributed by atoms with Crippen LogP contribution in [0.25, 0.3) is 12.2 Å². The SMILES string of the molecule is COc1ccc(C(=O)Nc2ccc(C=Cc3ccccc3)cc2C(=O)O)cc1OC. The molecule has 0 spiro atoms. The number of methoxy groups -OCH3 is 2. The third-order valence-electron chi connectivity index (χ3n) is 4.44. The van der Waals surface area contributed by atoms with Gasteiger partial charge in [0.05, 0.1) is 25.5 Å². The minimum absolute atomic E-state index is 0.000890. The van der Waals surface area contributed by atoms with Crippen LogP contribution in [0.15, 0.2) is 66.7 Å². The molecular weight excluding hydrogens is 382 g/mol. The van der Waals surface area contributed by atoms with Crippen LogP contribution in [-0.4, -0.2) is 31.2 Å². The number of anilines is 1. The van der Waals surface area contributed by atoms with Gasteiger partial charge in [-0.25, -0.2) is 4.79 Å². The summed E-state index contributed by atoms with van der Waals surface area (Å²) in [6, 6.07) is 19.2. The molecule has 0 aliphatic heterocycles. The predicted octanol–water partition coefficient (Wildman–Crippen LogP) is 4.82. The number of rotatable bonds is 7. The van der Waals surface area contributed by atoms with Gasteiger partial charge in [0.25, 0.3) is 5.91 Å². The average molecular weight is 403 g/mol. The van der Waals surface area contributed by atoms with E-state index in [0.29, 0.717) is 22.6 Å². The highest BCUT2D eigenvalue weighted by Crippen LogP contribution is 2.28. The molecule has 0 heterocycles. The van der Waals surface area contributed by atoms with E-state index >= 15 is 0 Å². The summed E-state index contributed by atoms with van der Waals surface area (Å²) < 4.78 is 10.4. The van der Waals surface area contributed by atoms with Gasteiger partial charge in [-0.05, 0) is 41.5 Å². The van der Waals surface area contributed by atoms with E-state index in [1.54, 1.807) is 24.3 Å². The molecule has 0 saturated heterocycles. The first-order valence-corrected chi connectivity index (χ1v) is 9.15. The quantitative estimate of drug-likeness (QED) is 0.552. The first-order chi connectivity index (χ1) is 14.5. The number of carboxylic acids is 1. The van der Waals surface area contributed by atoms with Gasteiger partial charge in [-0.1, -0.05) is 48.6 Å². The zero-order valence-electron chi connectivity index (χ0n) is 16.6. The number of carbonyl (C=O) groups is 2. The van der Waals surface area contributed by atoms with Crippen LogP contribution in [0, 0.1) is 0 Å². The van der Waals surface area contributed by atoms with E-state index in [1.807, 2.05) is 42.5 Å². The van der Waals surface area contributed by atoms with Crippen molar-refractivity contribution in [3.05, 3.63) is 89.0 Å². The fourth-order valence-corrected chi connectivity index (χ4v) is 2.88. The van der Waals surface area contributed by atoms with E-state index in [9.17, 15) is 14.7 Å². The number of ether oxygens (including phenoxy) is 2. The van der Waals surface area contributed by atoms with Crippen LogP contribution >= 0.6 is 0 Å². The topological polar surface area (TPSA) is 84.9 Å².